The van der Waals surface area contributed by atoms with Crippen LogP contribution >= 0.6 is 11.6 Å². The predicted molar refractivity (Wildman–Crippen MR) is 137 cm³/mol. The number of nitro groups is 1. The lowest BCUT2D eigenvalue weighted by molar-refractivity contribution is -0.384. The maximum Gasteiger partial charge on any atom is 0.269 e. The summed E-state index contributed by atoms with van der Waals surface area (Å²) in [5.41, 5.74) is 2.69. The average molecular weight is 508 g/mol. The minimum absolute atomic E-state index is 0.0781. The number of hydrogen-bond acceptors (Lipinski definition) is 6. The molecule has 0 radical (unpaired) electrons. The van der Waals surface area contributed by atoms with Crippen LogP contribution in [-0.2, 0) is 9.53 Å². The molecular formula is C27H26ClN3O5. The summed E-state index contributed by atoms with van der Waals surface area (Å²) >= 11 is 6.38. The second-order valence-corrected chi connectivity index (χ2v) is 9.01. The van der Waals surface area contributed by atoms with E-state index < -0.39 is 22.8 Å². The van der Waals surface area contributed by atoms with Crippen LogP contribution in [0.4, 0.5) is 11.4 Å². The van der Waals surface area contributed by atoms with Gasteiger partial charge in [-0.3, -0.25) is 24.6 Å². The van der Waals surface area contributed by atoms with E-state index in [0.717, 1.165) is 11.1 Å². The van der Waals surface area contributed by atoms with Crippen LogP contribution in [0.5, 0.6) is 0 Å². The van der Waals surface area contributed by atoms with Gasteiger partial charge in [-0.15, -0.1) is 0 Å². The van der Waals surface area contributed by atoms with E-state index in [4.69, 9.17) is 16.3 Å². The van der Waals surface area contributed by atoms with Crippen molar-refractivity contribution in [3.05, 3.63) is 104 Å². The molecule has 1 aliphatic heterocycles. The maximum atomic E-state index is 14.4. The topological polar surface area (TPSA) is 93.0 Å². The fourth-order valence-corrected chi connectivity index (χ4v) is 4.69. The number of rotatable bonds is 6. The molecule has 0 saturated carbocycles. The van der Waals surface area contributed by atoms with Crippen LogP contribution in [-0.4, -0.2) is 47.9 Å². The number of nitrogens with zero attached hydrogens (tertiary/aromatic N) is 3. The zero-order chi connectivity index (χ0) is 25.8. The quantitative estimate of drug-likeness (QED) is 0.340. The second kappa shape index (κ2) is 11.0. The number of anilines is 1. The Labute approximate surface area is 214 Å². The normalized spacial score (nSPS) is 14.8. The molecule has 3 aromatic rings. The van der Waals surface area contributed by atoms with Crippen molar-refractivity contribution in [2.24, 2.45) is 0 Å². The molecule has 0 bridgehead atoms. The number of benzene rings is 3. The fourth-order valence-electron chi connectivity index (χ4n) is 4.47. The first kappa shape index (κ1) is 25.5. The third-order valence-corrected chi connectivity index (χ3v) is 6.58. The van der Waals surface area contributed by atoms with Crippen molar-refractivity contribution >= 4 is 34.8 Å². The van der Waals surface area contributed by atoms with Crippen LogP contribution in [0.3, 0.4) is 0 Å². The van der Waals surface area contributed by atoms with Crippen LogP contribution in [0.25, 0.3) is 0 Å². The molecule has 0 aromatic heterocycles. The molecule has 8 nitrogen and oxygen atoms in total. The van der Waals surface area contributed by atoms with Gasteiger partial charge in [0.05, 0.1) is 34.4 Å². The Morgan fingerprint density at radius 2 is 1.58 bits per heavy atom. The molecule has 1 saturated heterocycles. The van der Waals surface area contributed by atoms with Gasteiger partial charge in [-0.05, 0) is 42.7 Å². The summed E-state index contributed by atoms with van der Waals surface area (Å²) in [4.78, 5) is 42.3. The van der Waals surface area contributed by atoms with Gasteiger partial charge in [0.2, 0.25) is 0 Å². The summed E-state index contributed by atoms with van der Waals surface area (Å²) in [6.07, 6.45) is 0. The van der Waals surface area contributed by atoms with Gasteiger partial charge < -0.3 is 4.74 Å². The SMILES string of the molecule is Cc1cccc(C)c1N(C(=O)c1ccccc1Cl)C(=O)[C@@H](c1ccc([N+](=O)[O-])cc1)N1CCOCC1. The molecule has 2 amide bonds. The van der Waals surface area contributed by atoms with E-state index in [9.17, 15) is 19.7 Å². The van der Waals surface area contributed by atoms with Crippen molar-refractivity contribution in [1.29, 1.82) is 0 Å². The van der Waals surface area contributed by atoms with Gasteiger partial charge in [0.15, 0.2) is 0 Å². The molecule has 186 valence electrons. The first-order chi connectivity index (χ1) is 17.3. The number of imide groups is 1. The summed E-state index contributed by atoms with van der Waals surface area (Å²) in [7, 11) is 0. The number of carbonyl (C=O) groups is 2. The number of aryl methyl sites for hydroxylation is 2. The number of halogens is 1. The lowest BCUT2D eigenvalue weighted by Gasteiger charge is -2.37. The summed E-state index contributed by atoms with van der Waals surface area (Å²) in [6.45, 7) is 5.48. The minimum Gasteiger partial charge on any atom is -0.379 e. The van der Waals surface area contributed by atoms with E-state index in [2.05, 4.69) is 0 Å². The number of hydrogen-bond donors (Lipinski definition) is 0. The summed E-state index contributed by atoms with van der Waals surface area (Å²) < 4.78 is 5.49. The van der Waals surface area contributed by atoms with E-state index in [1.165, 1.54) is 17.0 Å². The van der Waals surface area contributed by atoms with Crippen LogP contribution in [0, 0.1) is 24.0 Å². The molecule has 1 aliphatic rings. The van der Waals surface area contributed by atoms with Gasteiger partial charge in [-0.1, -0.05) is 54.1 Å². The smallest absolute Gasteiger partial charge is 0.269 e. The molecule has 0 aliphatic carbocycles. The van der Waals surface area contributed by atoms with Crippen molar-refractivity contribution in [3.63, 3.8) is 0 Å². The lowest BCUT2D eigenvalue weighted by Crippen LogP contribution is -2.49. The Bertz CT molecular complexity index is 1270. The highest BCUT2D eigenvalue weighted by atomic mass is 35.5. The summed E-state index contributed by atoms with van der Waals surface area (Å²) in [6, 6.07) is 17.2. The van der Waals surface area contributed by atoms with Gasteiger partial charge in [-0.25, -0.2) is 4.90 Å². The van der Waals surface area contributed by atoms with Crippen molar-refractivity contribution in [3.8, 4) is 0 Å². The molecule has 1 fully saturated rings. The number of carbonyl (C=O) groups excluding carboxylic acids is 2. The first-order valence-electron chi connectivity index (χ1n) is 11.5. The van der Waals surface area contributed by atoms with Crippen molar-refractivity contribution < 1.29 is 19.2 Å². The molecular weight excluding hydrogens is 482 g/mol. The van der Waals surface area contributed by atoms with Crippen molar-refractivity contribution in [2.75, 3.05) is 31.2 Å². The highest BCUT2D eigenvalue weighted by molar-refractivity contribution is 6.36. The second-order valence-electron chi connectivity index (χ2n) is 8.60. The molecule has 4 rings (SSSR count). The molecule has 1 heterocycles. The molecule has 0 N–H and O–H groups in total. The Morgan fingerprint density at radius 1 is 0.972 bits per heavy atom. The Hall–Kier alpha value is -3.59. The maximum absolute atomic E-state index is 14.4. The van der Waals surface area contributed by atoms with Crippen LogP contribution in [0.15, 0.2) is 66.7 Å². The van der Waals surface area contributed by atoms with Crippen molar-refractivity contribution in [2.45, 2.75) is 19.9 Å². The average Bonchev–Trinajstić information content (AvgIpc) is 2.87. The number of nitro benzene ring substituents is 1. The third-order valence-electron chi connectivity index (χ3n) is 6.26. The highest BCUT2D eigenvalue weighted by Crippen LogP contribution is 2.33. The lowest BCUT2D eigenvalue weighted by atomic mass is 9.99. The fraction of sp³-hybridized carbons (Fsp3) is 0.259. The molecule has 1 atom stereocenters. The third kappa shape index (κ3) is 5.16. The molecule has 0 spiro atoms. The number of ether oxygens (including phenoxy) is 1. The van der Waals surface area contributed by atoms with E-state index in [0.29, 0.717) is 37.6 Å². The summed E-state index contributed by atoms with van der Waals surface area (Å²) in [5, 5.41) is 11.5. The standard InChI is InChI=1S/C27H26ClN3O5/c1-18-6-5-7-19(2)24(18)30(26(32)22-8-3-4-9-23(22)28)27(33)25(29-14-16-36-17-15-29)20-10-12-21(13-11-20)31(34)35/h3-13,25H,14-17H2,1-2H3/t25-/m1/s1. The Kier molecular flexibility index (Phi) is 7.79. The van der Waals surface area contributed by atoms with Crippen LogP contribution < -0.4 is 4.90 Å². The minimum atomic E-state index is -0.861. The zero-order valence-corrected chi connectivity index (χ0v) is 20.8. The molecule has 0 unspecified atom stereocenters. The largest absolute Gasteiger partial charge is 0.379 e. The van der Waals surface area contributed by atoms with Crippen molar-refractivity contribution in [1.82, 2.24) is 4.90 Å². The Morgan fingerprint density at radius 3 is 2.17 bits per heavy atom. The van der Waals surface area contributed by atoms with E-state index >= 15 is 0 Å². The van der Waals surface area contributed by atoms with Crippen LogP contribution in [0.1, 0.15) is 33.1 Å². The number of amides is 2. The summed E-state index contributed by atoms with van der Waals surface area (Å²) in [5.74, 6) is -1.00. The van der Waals surface area contributed by atoms with E-state index in [1.807, 2.05) is 36.9 Å². The number of morpholine rings is 1. The van der Waals surface area contributed by atoms with Gasteiger partial charge in [0, 0.05) is 25.2 Å². The van der Waals surface area contributed by atoms with Gasteiger partial charge in [0.1, 0.15) is 6.04 Å². The number of non-ortho nitro benzene ring substituents is 1. The first-order valence-corrected chi connectivity index (χ1v) is 11.9. The molecule has 36 heavy (non-hydrogen) atoms. The monoisotopic (exact) mass is 507 g/mol. The molecule has 9 heteroatoms. The Balaban J connectivity index is 1.87. The van der Waals surface area contributed by atoms with Gasteiger partial charge in [0.25, 0.3) is 17.5 Å². The number of para-hydroxylation sites is 1. The highest BCUT2D eigenvalue weighted by Gasteiger charge is 2.38. The molecule has 3 aromatic carbocycles. The zero-order valence-electron chi connectivity index (χ0n) is 20.0. The van der Waals surface area contributed by atoms with Crippen LogP contribution in [0.2, 0.25) is 5.02 Å². The predicted octanol–water partition coefficient (Wildman–Crippen LogP) is 5.11. The van der Waals surface area contributed by atoms with E-state index in [-0.39, 0.29) is 16.3 Å². The van der Waals surface area contributed by atoms with Gasteiger partial charge in [-0.2, -0.15) is 0 Å². The van der Waals surface area contributed by atoms with E-state index in [1.54, 1.807) is 36.4 Å². The van der Waals surface area contributed by atoms with Gasteiger partial charge >= 0.3 is 0 Å².